The van der Waals surface area contributed by atoms with Crippen LogP contribution >= 0.6 is 11.8 Å². The second-order valence-electron chi connectivity index (χ2n) is 10.0. The van der Waals surface area contributed by atoms with Crippen molar-refractivity contribution in [2.75, 3.05) is 57.8 Å². The van der Waals surface area contributed by atoms with Crippen LogP contribution in [0.3, 0.4) is 0 Å². The summed E-state index contributed by atoms with van der Waals surface area (Å²) in [6, 6.07) is 19.6. The van der Waals surface area contributed by atoms with E-state index < -0.39 is 22.5 Å². The number of rotatable bonds is 13. The highest BCUT2D eigenvalue weighted by Gasteiger charge is 2.46. The zero-order valence-electron chi connectivity index (χ0n) is 23.8. The lowest BCUT2D eigenvalue weighted by atomic mass is 10.1. The number of nitrogens with one attached hydrogen (secondary N) is 1. The molecule has 3 unspecified atom stereocenters. The Kier molecular flexibility index (Phi) is 11.3. The number of thioether (sulfide) groups is 1. The van der Waals surface area contributed by atoms with Gasteiger partial charge in [-0.3, -0.25) is 19.3 Å². The van der Waals surface area contributed by atoms with Gasteiger partial charge in [-0.1, -0.05) is 49.1 Å². The maximum absolute atomic E-state index is 13.0. The summed E-state index contributed by atoms with van der Waals surface area (Å²) < 4.78 is 10.9. The Balaban J connectivity index is 1.24. The van der Waals surface area contributed by atoms with Crippen molar-refractivity contribution < 1.29 is 23.9 Å². The minimum atomic E-state index is -1.09. The SMILES string of the molecule is C=CCOC(=O)C(C#N)C1SC(CNc2cccc(OCC(=O)N3CCN(Cc4ccccc4)CC3)c2)C(=O)N1CC. The van der Waals surface area contributed by atoms with Crippen molar-refractivity contribution in [2.45, 2.75) is 24.1 Å². The minimum absolute atomic E-state index is 0.00878. The molecule has 0 spiro atoms. The van der Waals surface area contributed by atoms with E-state index in [9.17, 15) is 19.6 Å². The van der Waals surface area contributed by atoms with Crippen LogP contribution in [0.5, 0.6) is 5.75 Å². The number of piperazine rings is 1. The summed E-state index contributed by atoms with van der Waals surface area (Å²) in [6.45, 7) is 9.81. The molecule has 0 bridgehead atoms. The molecule has 11 heteroatoms. The summed E-state index contributed by atoms with van der Waals surface area (Å²) >= 11 is 1.28. The lowest BCUT2D eigenvalue weighted by Crippen LogP contribution is -2.49. The molecule has 42 heavy (non-hydrogen) atoms. The molecular weight excluding hydrogens is 554 g/mol. The zero-order valence-corrected chi connectivity index (χ0v) is 24.6. The molecule has 2 fully saturated rings. The third-order valence-electron chi connectivity index (χ3n) is 7.19. The van der Waals surface area contributed by atoms with Crippen molar-refractivity contribution in [3.63, 3.8) is 0 Å². The fourth-order valence-electron chi connectivity index (χ4n) is 4.94. The van der Waals surface area contributed by atoms with Crippen LogP contribution in [0.15, 0.2) is 67.3 Å². The van der Waals surface area contributed by atoms with E-state index in [1.165, 1.54) is 23.4 Å². The Morgan fingerprint density at radius 2 is 1.93 bits per heavy atom. The number of ether oxygens (including phenoxy) is 2. The molecule has 2 aromatic carbocycles. The molecule has 2 amide bonds. The van der Waals surface area contributed by atoms with Crippen LogP contribution in [0.25, 0.3) is 0 Å². The van der Waals surface area contributed by atoms with E-state index >= 15 is 0 Å². The van der Waals surface area contributed by atoms with Crippen LogP contribution in [-0.4, -0.2) is 95.6 Å². The van der Waals surface area contributed by atoms with Gasteiger partial charge in [0.2, 0.25) is 5.91 Å². The van der Waals surface area contributed by atoms with E-state index in [0.717, 1.165) is 25.3 Å². The van der Waals surface area contributed by atoms with Gasteiger partial charge in [0.25, 0.3) is 5.91 Å². The largest absolute Gasteiger partial charge is 0.484 e. The summed E-state index contributed by atoms with van der Waals surface area (Å²) in [4.78, 5) is 44.0. The Morgan fingerprint density at radius 3 is 2.62 bits per heavy atom. The van der Waals surface area contributed by atoms with E-state index in [1.54, 1.807) is 17.0 Å². The molecule has 4 rings (SSSR count). The molecule has 2 heterocycles. The molecule has 0 aliphatic carbocycles. The van der Waals surface area contributed by atoms with Crippen LogP contribution in [0.4, 0.5) is 5.69 Å². The number of nitriles is 1. The standard InChI is InChI=1S/C31H37N5O5S/c1-3-17-40-31(39)26(19-32)30-36(4-2)29(38)27(42-30)20-33-24-11-8-12-25(18-24)41-22-28(37)35-15-13-34(14-16-35)21-23-9-6-5-7-10-23/h3,5-12,18,26-27,30,33H,1,4,13-17,20-22H2,2H3. The smallest absolute Gasteiger partial charge is 0.326 e. The zero-order chi connectivity index (χ0) is 29.9. The molecule has 3 atom stereocenters. The molecule has 2 aliphatic rings. The van der Waals surface area contributed by atoms with Gasteiger partial charge in [-0.25, -0.2) is 0 Å². The van der Waals surface area contributed by atoms with Crippen LogP contribution in [-0.2, 0) is 25.7 Å². The van der Waals surface area contributed by atoms with Crippen LogP contribution in [0, 0.1) is 17.2 Å². The van der Waals surface area contributed by atoms with Gasteiger partial charge in [-0.15, -0.1) is 11.8 Å². The van der Waals surface area contributed by atoms with Gasteiger partial charge in [-0.05, 0) is 24.6 Å². The number of anilines is 1. The Bertz CT molecular complexity index is 1280. The van der Waals surface area contributed by atoms with Gasteiger partial charge >= 0.3 is 5.97 Å². The average Bonchev–Trinajstić information content (AvgIpc) is 3.33. The number of carbonyl (C=O) groups excluding carboxylic acids is 3. The van der Waals surface area contributed by atoms with Gasteiger partial charge in [0.05, 0.1) is 6.07 Å². The highest BCUT2D eigenvalue weighted by Crippen LogP contribution is 2.36. The molecule has 222 valence electrons. The molecule has 2 aromatic rings. The highest BCUT2D eigenvalue weighted by molar-refractivity contribution is 8.01. The monoisotopic (exact) mass is 591 g/mol. The number of hydrogen-bond donors (Lipinski definition) is 1. The first kappa shape index (κ1) is 30.9. The van der Waals surface area contributed by atoms with E-state index in [2.05, 4.69) is 28.9 Å². The summed E-state index contributed by atoms with van der Waals surface area (Å²) in [7, 11) is 0. The fraction of sp³-hybridized carbons (Fsp3) is 0.419. The topological polar surface area (TPSA) is 115 Å². The van der Waals surface area contributed by atoms with Crippen LogP contribution in [0.1, 0.15) is 12.5 Å². The summed E-state index contributed by atoms with van der Waals surface area (Å²) in [6.07, 6.45) is 1.44. The first-order valence-corrected chi connectivity index (χ1v) is 15.0. The summed E-state index contributed by atoms with van der Waals surface area (Å²) in [5.41, 5.74) is 2.00. The molecule has 0 radical (unpaired) electrons. The Labute approximate surface area is 251 Å². The van der Waals surface area contributed by atoms with Crippen molar-refractivity contribution in [1.82, 2.24) is 14.7 Å². The maximum Gasteiger partial charge on any atom is 0.326 e. The molecule has 0 saturated carbocycles. The number of esters is 1. The molecule has 2 saturated heterocycles. The van der Waals surface area contributed by atoms with Crippen LogP contribution in [0.2, 0.25) is 0 Å². The van der Waals surface area contributed by atoms with Crippen molar-refractivity contribution in [2.24, 2.45) is 5.92 Å². The fourth-order valence-corrected chi connectivity index (χ4v) is 6.44. The van der Waals surface area contributed by atoms with Crippen molar-refractivity contribution in [1.29, 1.82) is 5.26 Å². The Morgan fingerprint density at radius 1 is 1.17 bits per heavy atom. The average molecular weight is 592 g/mol. The number of nitrogens with zero attached hydrogens (tertiary/aromatic N) is 4. The quantitative estimate of drug-likeness (QED) is 0.277. The Hall–Kier alpha value is -4.01. The molecular formula is C31H37N5O5S. The number of benzene rings is 2. The summed E-state index contributed by atoms with van der Waals surface area (Å²) in [5.74, 6) is -1.40. The normalized spacial score (nSPS) is 19.6. The van der Waals surface area contributed by atoms with Crippen LogP contribution < -0.4 is 10.1 Å². The van der Waals surface area contributed by atoms with E-state index in [4.69, 9.17) is 9.47 Å². The van der Waals surface area contributed by atoms with Gasteiger partial charge < -0.3 is 24.6 Å². The molecule has 1 N–H and O–H groups in total. The third kappa shape index (κ3) is 8.05. The van der Waals surface area contributed by atoms with Crippen molar-refractivity contribution in [3.8, 4) is 11.8 Å². The predicted molar refractivity (Wildman–Crippen MR) is 162 cm³/mol. The lowest BCUT2D eigenvalue weighted by molar-refractivity contribution is -0.146. The third-order valence-corrected chi connectivity index (χ3v) is 8.70. The van der Waals surface area contributed by atoms with E-state index in [-0.39, 0.29) is 25.0 Å². The number of carbonyl (C=O) groups is 3. The second kappa shape index (κ2) is 15.3. The van der Waals surface area contributed by atoms with Gasteiger partial charge in [0.1, 0.15) is 23.0 Å². The number of hydrogen-bond acceptors (Lipinski definition) is 9. The minimum Gasteiger partial charge on any atom is -0.484 e. The number of amides is 2. The highest BCUT2D eigenvalue weighted by atomic mass is 32.2. The van der Waals surface area contributed by atoms with E-state index in [1.807, 2.05) is 48.2 Å². The second-order valence-corrected chi connectivity index (χ2v) is 11.3. The molecule has 10 nitrogen and oxygen atoms in total. The van der Waals surface area contributed by atoms with Gasteiger partial charge in [0, 0.05) is 57.6 Å². The van der Waals surface area contributed by atoms with Gasteiger partial charge in [-0.2, -0.15) is 5.26 Å². The molecule has 2 aliphatic heterocycles. The van der Waals surface area contributed by atoms with Crippen molar-refractivity contribution in [3.05, 3.63) is 72.8 Å². The van der Waals surface area contributed by atoms with E-state index in [0.29, 0.717) is 31.9 Å². The van der Waals surface area contributed by atoms with Gasteiger partial charge in [0.15, 0.2) is 12.5 Å². The van der Waals surface area contributed by atoms with Crippen molar-refractivity contribution >= 4 is 35.2 Å². The first-order valence-electron chi connectivity index (χ1n) is 14.1. The first-order chi connectivity index (χ1) is 20.4. The maximum atomic E-state index is 13.0. The lowest BCUT2D eigenvalue weighted by Gasteiger charge is -2.34. The summed E-state index contributed by atoms with van der Waals surface area (Å²) in [5, 5.41) is 11.8. The predicted octanol–water partition coefficient (Wildman–Crippen LogP) is 2.98. The molecule has 0 aromatic heterocycles.